The summed E-state index contributed by atoms with van der Waals surface area (Å²) in [5.41, 5.74) is 0.759. The normalized spacial score (nSPS) is 20.3. The molecule has 124 valence electrons. The number of likely N-dealkylation sites (N-methyl/N-ethyl adjacent to an activating group) is 1. The molecule has 1 aliphatic rings. The number of halogens is 2. The first-order valence-electron chi connectivity index (χ1n) is 7.39. The second kappa shape index (κ2) is 6.57. The van der Waals surface area contributed by atoms with Crippen molar-refractivity contribution >= 4 is 23.4 Å². The van der Waals surface area contributed by atoms with Gasteiger partial charge >= 0.3 is 0 Å². The lowest BCUT2D eigenvalue weighted by molar-refractivity contribution is -0.127. The minimum Gasteiger partial charge on any atom is -0.346 e. The highest BCUT2D eigenvalue weighted by molar-refractivity contribution is 6.30. The van der Waals surface area contributed by atoms with Crippen molar-refractivity contribution in [3.05, 3.63) is 64.7 Å². The summed E-state index contributed by atoms with van der Waals surface area (Å²) in [4.78, 5) is 29.6. The van der Waals surface area contributed by atoms with Crippen molar-refractivity contribution in [2.24, 2.45) is 0 Å². The molecule has 1 aromatic heterocycles. The number of carbonyl (C=O) groups is 2. The highest BCUT2D eigenvalue weighted by atomic mass is 35.5. The molecule has 7 heteroatoms. The van der Waals surface area contributed by atoms with Crippen LogP contribution >= 0.6 is 11.6 Å². The Hall–Kier alpha value is -2.47. The number of aromatic nitrogens is 1. The van der Waals surface area contributed by atoms with E-state index < -0.39 is 17.8 Å². The van der Waals surface area contributed by atoms with Gasteiger partial charge < -0.3 is 10.2 Å². The number of benzene rings is 1. The number of nitrogens with one attached hydrogen (secondary N) is 1. The van der Waals surface area contributed by atoms with Crippen LogP contribution in [-0.4, -0.2) is 34.8 Å². The highest BCUT2D eigenvalue weighted by Gasteiger charge is 2.39. The number of amides is 2. The van der Waals surface area contributed by atoms with Crippen LogP contribution in [0.3, 0.4) is 0 Å². The van der Waals surface area contributed by atoms with Gasteiger partial charge in [-0.3, -0.25) is 14.6 Å². The second-order valence-corrected chi connectivity index (χ2v) is 6.08. The molecule has 0 bridgehead atoms. The molecule has 0 aliphatic carbocycles. The van der Waals surface area contributed by atoms with Crippen LogP contribution < -0.4 is 5.32 Å². The van der Waals surface area contributed by atoms with Gasteiger partial charge in [-0.15, -0.1) is 0 Å². The van der Waals surface area contributed by atoms with Gasteiger partial charge in [0.15, 0.2) is 5.82 Å². The van der Waals surface area contributed by atoms with E-state index in [0.29, 0.717) is 5.02 Å². The first-order chi connectivity index (χ1) is 11.5. The van der Waals surface area contributed by atoms with E-state index in [0.717, 1.165) is 11.8 Å². The van der Waals surface area contributed by atoms with Crippen LogP contribution in [-0.2, 0) is 4.79 Å². The Bertz CT molecular complexity index is 782. The van der Waals surface area contributed by atoms with Gasteiger partial charge in [-0.2, -0.15) is 0 Å². The van der Waals surface area contributed by atoms with Crippen molar-refractivity contribution in [2.75, 3.05) is 7.05 Å². The Morgan fingerprint density at radius 1 is 1.33 bits per heavy atom. The molecule has 1 fully saturated rings. The SMILES string of the molecule is CN1C(=O)C[C@@H](NC(=O)c2ccncc2F)[C@@H]1c1ccc(Cl)cc1. The molecule has 0 saturated carbocycles. The summed E-state index contributed by atoms with van der Waals surface area (Å²) in [6.07, 6.45) is 2.49. The summed E-state index contributed by atoms with van der Waals surface area (Å²) in [6.45, 7) is 0. The lowest BCUT2D eigenvalue weighted by atomic mass is 10.00. The monoisotopic (exact) mass is 347 g/mol. The van der Waals surface area contributed by atoms with Crippen molar-refractivity contribution in [1.29, 1.82) is 0 Å². The van der Waals surface area contributed by atoms with E-state index in [9.17, 15) is 14.0 Å². The van der Waals surface area contributed by atoms with Gasteiger partial charge in [0.1, 0.15) is 0 Å². The number of nitrogens with zero attached hydrogens (tertiary/aromatic N) is 2. The van der Waals surface area contributed by atoms with E-state index in [2.05, 4.69) is 10.3 Å². The molecule has 0 radical (unpaired) electrons. The smallest absolute Gasteiger partial charge is 0.254 e. The first kappa shape index (κ1) is 16.4. The van der Waals surface area contributed by atoms with Crippen LogP contribution in [0.2, 0.25) is 5.02 Å². The van der Waals surface area contributed by atoms with Crippen LogP contribution in [0.5, 0.6) is 0 Å². The Morgan fingerprint density at radius 3 is 2.71 bits per heavy atom. The van der Waals surface area contributed by atoms with E-state index in [1.165, 1.54) is 12.3 Å². The quantitative estimate of drug-likeness (QED) is 0.928. The number of likely N-dealkylation sites (tertiary alicyclic amines) is 1. The molecule has 0 unspecified atom stereocenters. The topological polar surface area (TPSA) is 62.3 Å². The van der Waals surface area contributed by atoms with Gasteiger partial charge in [0.2, 0.25) is 5.91 Å². The zero-order chi connectivity index (χ0) is 17.3. The third kappa shape index (κ3) is 3.10. The molecule has 0 spiro atoms. The van der Waals surface area contributed by atoms with Crippen LogP contribution in [0.4, 0.5) is 4.39 Å². The average Bonchev–Trinajstić information content (AvgIpc) is 2.83. The average molecular weight is 348 g/mol. The van der Waals surface area contributed by atoms with Crippen molar-refractivity contribution in [3.63, 3.8) is 0 Å². The van der Waals surface area contributed by atoms with Crippen molar-refractivity contribution in [2.45, 2.75) is 18.5 Å². The molecule has 1 aliphatic heterocycles. The molecule has 2 heterocycles. The number of hydrogen-bond acceptors (Lipinski definition) is 3. The predicted molar refractivity (Wildman–Crippen MR) is 87.0 cm³/mol. The summed E-state index contributed by atoms with van der Waals surface area (Å²) in [5, 5.41) is 3.35. The maximum atomic E-state index is 13.7. The zero-order valence-corrected chi connectivity index (χ0v) is 13.6. The molecule has 1 N–H and O–H groups in total. The maximum absolute atomic E-state index is 13.7. The molecule has 3 rings (SSSR count). The molecule has 1 aromatic carbocycles. The highest BCUT2D eigenvalue weighted by Crippen LogP contribution is 2.32. The molecule has 24 heavy (non-hydrogen) atoms. The van der Waals surface area contributed by atoms with Crippen LogP contribution in [0, 0.1) is 5.82 Å². The summed E-state index contributed by atoms with van der Waals surface area (Å²) in [5.74, 6) is -1.35. The van der Waals surface area contributed by atoms with E-state index in [4.69, 9.17) is 11.6 Å². The second-order valence-electron chi connectivity index (χ2n) is 5.64. The Labute approximate surface area is 143 Å². The van der Waals surface area contributed by atoms with Gasteiger partial charge in [-0.1, -0.05) is 23.7 Å². The summed E-state index contributed by atoms with van der Waals surface area (Å²) >= 11 is 5.90. The van der Waals surface area contributed by atoms with Crippen LogP contribution in [0.15, 0.2) is 42.7 Å². The van der Waals surface area contributed by atoms with Crippen molar-refractivity contribution in [3.8, 4) is 0 Å². The van der Waals surface area contributed by atoms with Crippen LogP contribution in [0.25, 0.3) is 0 Å². The van der Waals surface area contributed by atoms with E-state index in [1.54, 1.807) is 24.1 Å². The standard InChI is InChI=1S/C17H15ClFN3O2/c1-22-15(23)8-14(16(22)10-2-4-11(18)5-3-10)21-17(24)12-6-7-20-9-13(12)19/h2-7,9,14,16H,8H2,1H3,(H,21,24)/t14-,16+/m1/s1. The molecular formula is C17H15ClFN3O2. The Balaban J connectivity index is 1.85. The van der Waals surface area contributed by atoms with Gasteiger partial charge in [-0.25, -0.2) is 4.39 Å². The lowest BCUT2D eigenvalue weighted by Gasteiger charge is -2.26. The predicted octanol–water partition coefficient (Wildman–Crippen LogP) is 2.58. The number of carbonyl (C=O) groups excluding carboxylic acids is 2. The lowest BCUT2D eigenvalue weighted by Crippen LogP contribution is -2.39. The molecule has 5 nitrogen and oxygen atoms in total. The molecule has 1 saturated heterocycles. The number of rotatable bonds is 3. The Kier molecular flexibility index (Phi) is 4.49. The van der Waals surface area contributed by atoms with Crippen molar-refractivity contribution in [1.82, 2.24) is 15.2 Å². The Morgan fingerprint density at radius 2 is 2.04 bits per heavy atom. The summed E-state index contributed by atoms with van der Waals surface area (Å²) < 4.78 is 13.7. The third-order valence-corrected chi connectivity index (χ3v) is 4.38. The summed E-state index contributed by atoms with van der Waals surface area (Å²) in [7, 11) is 1.68. The number of hydrogen-bond donors (Lipinski definition) is 1. The molecular weight excluding hydrogens is 333 g/mol. The minimum absolute atomic E-state index is 0.0875. The maximum Gasteiger partial charge on any atom is 0.254 e. The van der Waals surface area contributed by atoms with E-state index >= 15 is 0 Å². The summed E-state index contributed by atoms with van der Waals surface area (Å²) in [6, 6.07) is 7.61. The first-order valence-corrected chi connectivity index (χ1v) is 7.76. The molecule has 2 amide bonds. The van der Waals surface area contributed by atoms with Crippen molar-refractivity contribution < 1.29 is 14.0 Å². The fourth-order valence-corrected chi connectivity index (χ4v) is 3.05. The van der Waals surface area contributed by atoms with Crippen LogP contribution in [0.1, 0.15) is 28.4 Å². The van der Waals surface area contributed by atoms with Gasteiger partial charge in [0.25, 0.3) is 5.91 Å². The largest absolute Gasteiger partial charge is 0.346 e. The van der Waals surface area contributed by atoms with Gasteiger partial charge in [-0.05, 0) is 23.8 Å². The molecule has 2 atom stereocenters. The third-order valence-electron chi connectivity index (χ3n) is 4.13. The van der Waals surface area contributed by atoms with Gasteiger partial charge in [0.05, 0.1) is 23.8 Å². The van der Waals surface area contributed by atoms with E-state index in [1.807, 2.05) is 12.1 Å². The minimum atomic E-state index is -0.698. The van der Waals surface area contributed by atoms with E-state index in [-0.39, 0.29) is 23.9 Å². The molecule has 2 aromatic rings. The fourth-order valence-electron chi connectivity index (χ4n) is 2.92. The van der Waals surface area contributed by atoms with Gasteiger partial charge in [0, 0.05) is 24.7 Å². The zero-order valence-electron chi connectivity index (χ0n) is 12.9. The number of pyridine rings is 1. The fraction of sp³-hybridized carbons (Fsp3) is 0.235.